The fourth-order valence-corrected chi connectivity index (χ4v) is 3.03. The van der Waals surface area contributed by atoms with Crippen LogP contribution in [-0.4, -0.2) is 35.6 Å². The monoisotopic (exact) mass is 262 g/mol. The molecule has 1 aromatic carbocycles. The van der Waals surface area contributed by atoms with Gasteiger partial charge in [-0.05, 0) is 17.9 Å². The van der Waals surface area contributed by atoms with E-state index in [1.54, 1.807) is 7.11 Å². The summed E-state index contributed by atoms with van der Waals surface area (Å²) in [5.74, 6) is 0.0463. The zero-order valence-electron chi connectivity index (χ0n) is 11.3. The first kappa shape index (κ1) is 14.3. The lowest BCUT2D eigenvalue weighted by molar-refractivity contribution is -0.0957. The van der Waals surface area contributed by atoms with Gasteiger partial charge in [0.15, 0.2) is 0 Å². The molecule has 0 amide bonds. The second-order valence-corrected chi connectivity index (χ2v) is 5.22. The van der Waals surface area contributed by atoms with Crippen LogP contribution in [0.4, 0.5) is 0 Å². The number of ether oxygens (including phenoxy) is 1. The van der Waals surface area contributed by atoms with Crippen molar-refractivity contribution in [1.82, 2.24) is 0 Å². The third-order valence-electron chi connectivity index (χ3n) is 4.11. The molecule has 2 rings (SSSR count). The van der Waals surface area contributed by atoms with Crippen molar-refractivity contribution < 1.29 is 14.9 Å². The van der Waals surface area contributed by atoms with Gasteiger partial charge in [0.25, 0.3) is 0 Å². The normalized spacial score (nSPS) is 32.8. The lowest BCUT2D eigenvalue weighted by atomic mass is 9.73. The Labute approximate surface area is 114 Å². The van der Waals surface area contributed by atoms with Crippen LogP contribution >= 0.6 is 0 Å². The van der Waals surface area contributed by atoms with Gasteiger partial charge in [0.1, 0.15) is 0 Å². The van der Waals surface area contributed by atoms with Crippen LogP contribution in [0.3, 0.4) is 0 Å². The van der Waals surface area contributed by atoms with Gasteiger partial charge in [-0.2, -0.15) is 0 Å². The topological polar surface area (TPSA) is 49.7 Å². The third-order valence-corrected chi connectivity index (χ3v) is 4.11. The van der Waals surface area contributed by atoms with E-state index in [1.165, 1.54) is 0 Å². The number of rotatable bonds is 4. The van der Waals surface area contributed by atoms with Gasteiger partial charge in [-0.1, -0.05) is 36.4 Å². The molecule has 3 heteroatoms. The fourth-order valence-electron chi connectivity index (χ4n) is 3.03. The van der Waals surface area contributed by atoms with Crippen molar-refractivity contribution in [2.24, 2.45) is 5.92 Å². The summed E-state index contributed by atoms with van der Waals surface area (Å²) in [5.41, 5.74) is 1.13. The average molecular weight is 262 g/mol. The summed E-state index contributed by atoms with van der Waals surface area (Å²) in [5, 5.41) is 20.4. The van der Waals surface area contributed by atoms with E-state index in [0.29, 0.717) is 12.8 Å². The van der Waals surface area contributed by atoms with Crippen LogP contribution in [0.1, 0.15) is 24.3 Å². The van der Waals surface area contributed by atoms with Crippen LogP contribution in [0.25, 0.3) is 0 Å². The molecule has 1 aliphatic rings. The Kier molecular flexibility index (Phi) is 4.75. The highest BCUT2D eigenvalue weighted by Crippen LogP contribution is 2.37. The van der Waals surface area contributed by atoms with Gasteiger partial charge >= 0.3 is 0 Å². The van der Waals surface area contributed by atoms with E-state index in [4.69, 9.17) is 4.74 Å². The Morgan fingerprint density at radius 2 is 1.89 bits per heavy atom. The molecular weight excluding hydrogens is 240 g/mol. The van der Waals surface area contributed by atoms with E-state index in [2.05, 4.69) is 6.58 Å². The van der Waals surface area contributed by atoms with Gasteiger partial charge in [0.2, 0.25) is 0 Å². The number of allylic oxidation sites excluding steroid dienone is 1. The van der Waals surface area contributed by atoms with Crippen molar-refractivity contribution in [3.8, 4) is 0 Å². The summed E-state index contributed by atoms with van der Waals surface area (Å²) in [7, 11) is 1.57. The SMILES string of the molecule is C=C[C@@H](c1ccccc1)[C@@H]1C[C@@H](O)C(OC)C[C@@H]1O. The minimum Gasteiger partial charge on any atom is -0.393 e. The van der Waals surface area contributed by atoms with Crippen LogP contribution < -0.4 is 0 Å². The van der Waals surface area contributed by atoms with Crippen molar-refractivity contribution in [1.29, 1.82) is 0 Å². The maximum atomic E-state index is 10.3. The maximum Gasteiger partial charge on any atom is 0.0854 e. The van der Waals surface area contributed by atoms with Gasteiger partial charge in [-0.3, -0.25) is 0 Å². The molecule has 1 unspecified atom stereocenters. The molecule has 0 aromatic heterocycles. The molecule has 2 N–H and O–H groups in total. The molecular formula is C16H22O3. The quantitative estimate of drug-likeness (QED) is 0.817. The predicted molar refractivity (Wildman–Crippen MR) is 74.9 cm³/mol. The Bertz CT molecular complexity index is 404. The summed E-state index contributed by atoms with van der Waals surface area (Å²) < 4.78 is 5.21. The molecule has 1 aliphatic carbocycles. The van der Waals surface area contributed by atoms with Gasteiger partial charge in [-0.15, -0.1) is 6.58 Å². The number of methoxy groups -OCH3 is 1. The fraction of sp³-hybridized carbons (Fsp3) is 0.500. The van der Waals surface area contributed by atoms with Crippen molar-refractivity contribution in [2.45, 2.75) is 37.1 Å². The van der Waals surface area contributed by atoms with Crippen LogP contribution in [-0.2, 0) is 4.74 Å². The van der Waals surface area contributed by atoms with Gasteiger partial charge in [0.05, 0.1) is 18.3 Å². The van der Waals surface area contributed by atoms with Crippen molar-refractivity contribution >= 4 is 0 Å². The molecule has 3 nitrogen and oxygen atoms in total. The lowest BCUT2D eigenvalue weighted by Crippen LogP contribution is -2.44. The predicted octanol–water partition coefficient (Wildman–Crippen LogP) is 2.10. The molecule has 0 aliphatic heterocycles. The summed E-state index contributed by atoms with van der Waals surface area (Å²) in [6.45, 7) is 3.89. The molecule has 1 aromatic rings. The second kappa shape index (κ2) is 6.33. The highest BCUT2D eigenvalue weighted by atomic mass is 16.5. The van der Waals surface area contributed by atoms with E-state index >= 15 is 0 Å². The smallest absolute Gasteiger partial charge is 0.0854 e. The van der Waals surface area contributed by atoms with Gasteiger partial charge in [-0.25, -0.2) is 0 Å². The van der Waals surface area contributed by atoms with E-state index in [-0.39, 0.29) is 17.9 Å². The molecule has 0 spiro atoms. The zero-order chi connectivity index (χ0) is 13.8. The largest absolute Gasteiger partial charge is 0.393 e. The first-order chi connectivity index (χ1) is 9.17. The van der Waals surface area contributed by atoms with Crippen LogP contribution in [0.15, 0.2) is 43.0 Å². The summed E-state index contributed by atoms with van der Waals surface area (Å²) in [4.78, 5) is 0. The van der Waals surface area contributed by atoms with Crippen LogP contribution in [0.5, 0.6) is 0 Å². The second-order valence-electron chi connectivity index (χ2n) is 5.22. The Balaban J connectivity index is 2.17. The van der Waals surface area contributed by atoms with Crippen molar-refractivity contribution in [2.75, 3.05) is 7.11 Å². The van der Waals surface area contributed by atoms with Crippen LogP contribution in [0.2, 0.25) is 0 Å². The molecule has 0 radical (unpaired) electrons. The van der Waals surface area contributed by atoms with Crippen LogP contribution in [0, 0.1) is 5.92 Å². The van der Waals surface area contributed by atoms with Crippen molar-refractivity contribution in [3.05, 3.63) is 48.6 Å². The summed E-state index contributed by atoms with van der Waals surface area (Å²) in [6.07, 6.45) is 1.60. The van der Waals surface area contributed by atoms with E-state index in [0.717, 1.165) is 5.56 Å². The number of aliphatic hydroxyl groups is 2. The minimum atomic E-state index is -0.524. The summed E-state index contributed by atoms with van der Waals surface area (Å²) in [6, 6.07) is 10.0. The minimum absolute atomic E-state index is 0.0127. The molecule has 0 saturated heterocycles. The Morgan fingerprint density at radius 3 is 2.47 bits per heavy atom. The number of benzene rings is 1. The molecule has 5 atom stereocenters. The standard InChI is InChI=1S/C16H22O3/c1-3-12(11-7-5-4-6-8-11)13-9-15(18)16(19-2)10-14(13)17/h3-8,12-18H,1,9-10H2,2H3/t12-,13-,14-,15+,16?/m0/s1. The molecule has 0 heterocycles. The van der Waals surface area contributed by atoms with Crippen molar-refractivity contribution in [3.63, 3.8) is 0 Å². The summed E-state index contributed by atoms with van der Waals surface area (Å²) >= 11 is 0. The zero-order valence-corrected chi connectivity index (χ0v) is 11.3. The molecule has 104 valence electrons. The van der Waals surface area contributed by atoms with E-state index < -0.39 is 12.2 Å². The van der Waals surface area contributed by atoms with E-state index in [9.17, 15) is 10.2 Å². The maximum absolute atomic E-state index is 10.3. The number of aliphatic hydroxyl groups excluding tert-OH is 2. The first-order valence-electron chi connectivity index (χ1n) is 6.73. The highest BCUT2D eigenvalue weighted by Gasteiger charge is 2.38. The molecule has 19 heavy (non-hydrogen) atoms. The van der Waals surface area contributed by atoms with Gasteiger partial charge in [0, 0.05) is 19.4 Å². The first-order valence-corrected chi connectivity index (χ1v) is 6.73. The highest BCUT2D eigenvalue weighted by molar-refractivity contribution is 5.25. The van der Waals surface area contributed by atoms with Gasteiger partial charge < -0.3 is 14.9 Å². The molecule has 1 fully saturated rings. The number of hydrogen-bond donors (Lipinski definition) is 2. The Hall–Kier alpha value is -1.16. The van der Waals surface area contributed by atoms with E-state index in [1.807, 2.05) is 36.4 Å². The third kappa shape index (κ3) is 3.06. The lowest BCUT2D eigenvalue weighted by Gasteiger charge is -2.39. The molecule has 1 saturated carbocycles. The average Bonchev–Trinajstić information content (AvgIpc) is 2.44. The Morgan fingerprint density at radius 1 is 1.21 bits per heavy atom. The molecule has 0 bridgehead atoms. The number of hydrogen-bond acceptors (Lipinski definition) is 3.